The van der Waals surface area contributed by atoms with Crippen molar-refractivity contribution in [3.8, 4) is 0 Å². The lowest BCUT2D eigenvalue weighted by Gasteiger charge is -2.13. The van der Waals surface area contributed by atoms with Gasteiger partial charge in [-0.05, 0) is 53.9 Å². The average molecular weight is 365 g/mol. The Kier molecular flexibility index (Phi) is 5.68. The van der Waals surface area contributed by atoms with Crippen LogP contribution in [0.25, 0.3) is 6.08 Å². The largest absolute Gasteiger partial charge is 0.298 e. The van der Waals surface area contributed by atoms with Crippen molar-refractivity contribution in [3.05, 3.63) is 70.1 Å². The van der Waals surface area contributed by atoms with Gasteiger partial charge in [-0.2, -0.15) is 0 Å². The van der Waals surface area contributed by atoms with Crippen molar-refractivity contribution in [2.75, 3.05) is 4.90 Å². The molecule has 1 aliphatic rings. The fourth-order valence-corrected chi connectivity index (χ4v) is 3.55. The van der Waals surface area contributed by atoms with Gasteiger partial charge in [0.25, 0.3) is 11.1 Å². The molecule has 2 amide bonds. The van der Waals surface area contributed by atoms with Crippen LogP contribution in [-0.2, 0) is 11.2 Å². The van der Waals surface area contributed by atoms with E-state index in [0.717, 1.165) is 42.9 Å². The lowest BCUT2D eigenvalue weighted by molar-refractivity contribution is -0.113. The Morgan fingerprint density at radius 1 is 0.962 bits per heavy atom. The standard InChI is InChI=1S/C21H19NO3S/c1-2-3-4-15-9-11-18(12-10-15)22-20(24)19(26-21(22)25)13-16-5-7-17(14-23)8-6-16/h5-14H,2-4H2,1H3. The number of hydrogen-bond acceptors (Lipinski definition) is 4. The molecule has 0 radical (unpaired) electrons. The summed E-state index contributed by atoms with van der Waals surface area (Å²) in [5.41, 5.74) is 3.13. The Morgan fingerprint density at radius 2 is 1.62 bits per heavy atom. The van der Waals surface area contributed by atoms with Crippen molar-refractivity contribution in [2.45, 2.75) is 26.2 Å². The highest BCUT2D eigenvalue weighted by Gasteiger charge is 2.36. The van der Waals surface area contributed by atoms with Gasteiger partial charge in [0.1, 0.15) is 6.29 Å². The summed E-state index contributed by atoms with van der Waals surface area (Å²) >= 11 is 0.928. The minimum Gasteiger partial charge on any atom is -0.298 e. The van der Waals surface area contributed by atoms with Crippen LogP contribution in [0.15, 0.2) is 53.4 Å². The van der Waals surface area contributed by atoms with E-state index in [4.69, 9.17) is 0 Å². The zero-order valence-electron chi connectivity index (χ0n) is 14.5. The highest BCUT2D eigenvalue weighted by atomic mass is 32.2. The van der Waals surface area contributed by atoms with Crippen molar-refractivity contribution in [3.63, 3.8) is 0 Å². The summed E-state index contributed by atoms with van der Waals surface area (Å²) in [5.74, 6) is -0.319. The fourth-order valence-electron chi connectivity index (χ4n) is 2.71. The SMILES string of the molecule is CCCCc1ccc(N2C(=O)SC(=Cc3ccc(C=O)cc3)C2=O)cc1. The zero-order chi connectivity index (χ0) is 18.5. The van der Waals surface area contributed by atoms with Crippen LogP contribution in [0.5, 0.6) is 0 Å². The van der Waals surface area contributed by atoms with Crippen molar-refractivity contribution in [1.29, 1.82) is 0 Å². The van der Waals surface area contributed by atoms with Gasteiger partial charge in [0.05, 0.1) is 10.6 Å². The Bertz CT molecular complexity index is 854. The summed E-state index contributed by atoms with van der Waals surface area (Å²) in [6, 6.07) is 14.4. The smallest absolute Gasteiger partial charge is 0.298 e. The molecule has 26 heavy (non-hydrogen) atoms. The fraction of sp³-hybridized carbons (Fsp3) is 0.190. The molecule has 0 unspecified atom stereocenters. The first-order chi connectivity index (χ1) is 12.6. The highest BCUT2D eigenvalue weighted by Crippen LogP contribution is 2.35. The maximum absolute atomic E-state index is 12.7. The van der Waals surface area contributed by atoms with E-state index >= 15 is 0 Å². The first kappa shape index (κ1) is 18.1. The molecule has 0 spiro atoms. The van der Waals surface area contributed by atoms with Crippen LogP contribution in [0.1, 0.15) is 41.3 Å². The molecular weight excluding hydrogens is 346 g/mol. The summed E-state index contributed by atoms with van der Waals surface area (Å²) in [4.78, 5) is 37.3. The molecule has 0 aromatic heterocycles. The molecule has 1 aliphatic heterocycles. The van der Waals surface area contributed by atoms with Gasteiger partial charge >= 0.3 is 0 Å². The summed E-state index contributed by atoms with van der Waals surface area (Å²) < 4.78 is 0. The van der Waals surface area contributed by atoms with Gasteiger partial charge in [-0.3, -0.25) is 14.4 Å². The Labute approximate surface area is 156 Å². The van der Waals surface area contributed by atoms with Crippen LogP contribution >= 0.6 is 11.8 Å². The van der Waals surface area contributed by atoms with Crippen LogP contribution in [0.3, 0.4) is 0 Å². The topological polar surface area (TPSA) is 54.5 Å². The van der Waals surface area contributed by atoms with E-state index in [1.54, 1.807) is 30.3 Å². The van der Waals surface area contributed by atoms with Crippen LogP contribution in [0.4, 0.5) is 10.5 Å². The molecule has 0 aliphatic carbocycles. The van der Waals surface area contributed by atoms with Crippen LogP contribution in [0.2, 0.25) is 0 Å². The molecule has 0 N–H and O–H groups in total. The van der Waals surface area contributed by atoms with Gasteiger partial charge in [0.15, 0.2) is 0 Å². The number of imide groups is 1. The third-order valence-electron chi connectivity index (χ3n) is 4.18. The van der Waals surface area contributed by atoms with Crippen molar-refractivity contribution >= 4 is 41.0 Å². The summed E-state index contributed by atoms with van der Waals surface area (Å²) in [7, 11) is 0. The third-order valence-corrected chi connectivity index (χ3v) is 5.05. The van der Waals surface area contributed by atoms with Crippen molar-refractivity contribution < 1.29 is 14.4 Å². The van der Waals surface area contributed by atoms with E-state index in [1.165, 1.54) is 10.5 Å². The Balaban J connectivity index is 1.79. The molecule has 3 rings (SSSR count). The number of carbonyl (C=O) groups is 3. The van der Waals surface area contributed by atoms with Crippen molar-refractivity contribution in [1.82, 2.24) is 0 Å². The number of aryl methyl sites for hydroxylation is 1. The van der Waals surface area contributed by atoms with Gasteiger partial charge in [0.2, 0.25) is 0 Å². The molecule has 0 saturated carbocycles. The lowest BCUT2D eigenvalue weighted by Crippen LogP contribution is -2.27. The molecule has 1 fully saturated rings. The normalized spacial score (nSPS) is 15.7. The second kappa shape index (κ2) is 8.15. The molecule has 2 aromatic carbocycles. The van der Waals surface area contributed by atoms with Gasteiger partial charge in [-0.25, -0.2) is 4.90 Å². The molecule has 132 valence electrons. The second-order valence-corrected chi connectivity index (χ2v) is 7.06. The van der Waals surface area contributed by atoms with Crippen molar-refractivity contribution in [2.24, 2.45) is 0 Å². The molecule has 0 bridgehead atoms. The third kappa shape index (κ3) is 3.94. The van der Waals surface area contributed by atoms with E-state index in [0.29, 0.717) is 16.2 Å². The number of aldehydes is 1. The number of unbranched alkanes of at least 4 members (excludes halogenated alkanes) is 1. The minimum absolute atomic E-state index is 0.299. The molecule has 0 atom stereocenters. The predicted octanol–water partition coefficient (Wildman–Crippen LogP) is 5.08. The van der Waals surface area contributed by atoms with Crippen LogP contribution < -0.4 is 4.90 Å². The summed E-state index contributed by atoms with van der Waals surface area (Å²) in [6.07, 6.45) is 5.68. The molecular formula is C21H19NO3S. The molecule has 4 nitrogen and oxygen atoms in total. The summed E-state index contributed by atoms with van der Waals surface area (Å²) in [6.45, 7) is 2.15. The first-order valence-electron chi connectivity index (χ1n) is 8.54. The van der Waals surface area contributed by atoms with Gasteiger partial charge in [-0.15, -0.1) is 0 Å². The van der Waals surface area contributed by atoms with E-state index in [9.17, 15) is 14.4 Å². The van der Waals surface area contributed by atoms with E-state index in [-0.39, 0.29) is 11.1 Å². The van der Waals surface area contributed by atoms with E-state index < -0.39 is 0 Å². The maximum atomic E-state index is 12.7. The Hall–Kier alpha value is -2.66. The molecule has 1 saturated heterocycles. The van der Waals surface area contributed by atoms with Crippen LogP contribution in [-0.4, -0.2) is 17.4 Å². The van der Waals surface area contributed by atoms with E-state index in [2.05, 4.69) is 6.92 Å². The number of thioether (sulfide) groups is 1. The number of rotatable bonds is 6. The highest BCUT2D eigenvalue weighted by molar-refractivity contribution is 8.19. The molecule has 5 heteroatoms. The molecule has 2 aromatic rings. The molecule has 1 heterocycles. The maximum Gasteiger partial charge on any atom is 0.298 e. The predicted molar refractivity (Wildman–Crippen MR) is 105 cm³/mol. The number of anilines is 1. The quantitative estimate of drug-likeness (QED) is 0.529. The van der Waals surface area contributed by atoms with Gasteiger partial charge in [-0.1, -0.05) is 49.7 Å². The summed E-state index contributed by atoms with van der Waals surface area (Å²) in [5, 5.41) is -0.299. The number of benzene rings is 2. The zero-order valence-corrected chi connectivity index (χ0v) is 15.3. The van der Waals surface area contributed by atoms with Crippen LogP contribution in [0, 0.1) is 0 Å². The van der Waals surface area contributed by atoms with Gasteiger partial charge in [0, 0.05) is 5.56 Å². The number of amides is 2. The van der Waals surface area contributed by atoms with Gasteiger partial charge < -0.3 is 0 Å². The lowest BCUT2D eigenvalue weighted by atomic mass is 10.1. The number of carbonyl (C=O) groups excluding carboxylic acids is 3. The average Bonchev–Trinajstić information content (AvgIpc) is 2.94. The Morgan fingerprint density at radius 3 is 2.23 bits per heavy atom. The monoisotopic (exact) mass is 365 g/mol. The number of hydrogen-bond donors (Lipinski definition) is 0. The minimum atomic E-state index is -0.319. The first-order valence-corrected chi connectivity index (χ1v) is 9.36. The van der Waals surface area contributed by atoms with E-state index in [1.807, 2.05) is 24.3 Å². The number of nitrogens with zero attached hydrogens (tertiary/aromatic N) is 1. The second-order valence-electron chi connectivity index (χ2n) is 6.07.